The van der Waals surface area contributed by atoms with Gasteiger partial charge in [-0.05, 0) is 72.3 Å². The lowest BCUT2D eigenvalue weighted by molar-refractivity contribution is 0.113. The van der Waals surface area contributed by atoms with Gasteiger partial charge in [-0.1, -0.05) is 42.5 Å². The van der Waals surface area contributed by atoms with Crippen LogP contribution in [0.5, 0.6) is 0 Å². The van der Waals surface area contributed by atoms with E-state index in [4.69, 9.17) is 0 Å². The van der Waals surface area contributed by atoms with Crippen molar-refractivity contribution in [1.29, 1.82) is 0 Å². The molecule has 0 amide bonds. The van der Waals surface area contributed by atoms with Crippen molar-refractivity contribution in [2.75, 3.05) is 0 Å². The molecule has 108 valence electrons. The van der Waals surface area contributed by atoms with Crippen LogP contribution in [0.1, 0.15) is 34.2 Å². The highest BCUT2D eigenvalue weighted by Crippen LogP contribution is 2.30. The van der Waals surface area contributed by atoms with Crippen LogP contribution in [0.15, 0.2) is 42.5 Å². The first-order valence-electron chi connectivity index (χ1n) is 8.15. The Labute approximate surface area is 126 Å². The van der Waals surface area contributed by atoms with Crippen LogP contribution in [0, 0.1) is 5.92 Å². The van der Waals surface area contributed by atoms with E-state index in [1.807, 2.05) is 0 Å². The summed E-state index contributed by atoms with van der Waals surface area (Å²) in [6.45, 7) is 0. The highest BCUT2D eigenvalue weighted by molar-refractivity contribution is 5.36. The van der Waals surface area contributed by atoms with E-state index in [9.17, 15) is 5.11 Å². The molecule has 0 aliphatic heterocycles. The average molecular weight is 278 g/mol. The van der Waals surface area contributed by atoms with Crippen molar-refractivity contribution in [2.45, 2.75) is 44.6 Å². The van der Waals surface area contributed by atoms with Gasteiger partial charge in [-0.25, -0.2) is 0 Å². The average Bonchev–Trinajstić information content (AvgIpc) is 3.13. The summed E-state index contributed by atoms with van der Waals surface area (Å²) in [6.07, 6.45) is 6.37. The van der Waals surface area contributed by atoms with Gasteiger partial charge >= 0.3 is 0 Å². The van der Waals surface area contributed by atoms with Crippen molar-refractivity contribution in [3.63, 3.8) is 0 Å². The second-order valence-corrected chi connectivity index (χ2v) is 6.67. The minimum absolute atomic E-state index is 0.225. The van der Waals surface area contributed by atoms with Gasteiger partial charge in [0.25, 0.3) is 0 Å². The summed E-state index contributed by atoms with van der Waals surface area (Å²) >= 11 is 0. The molecular weight excluding hydrogens is 256 g/mol. The molecule has 1 unspecified atom stereocenters. The number of fused-ring (bicyclic) bond motifs is 2. The minimum Gasteiger partial charge on any atom is -0.392 e. The third-order valence-corrected chi connectivity index (χ3v) is 5.23. The maximum Gasteiger partial charge on any atom is 0.0615 e. The maximum absolute atomic E-state index is 10.6. The molecule has 0 bridgehead atoms. The summed E-state index contributed by atoms with van der Waals surface area (Å²) < 4.78 is 0. The van der Waals surface area contributed by atoms with Crippen LogP contribution < -0.4 is 0 Å². The van der Waals surface area contributed by atoms with E-state index in [-0.39, 0.29) is 6.10 Å². The molecule has 2 aliphatic carbocycles. The molecule has 2 aromatic carbocycles. The largest absolute Gasteiger partial charge is 0.392 e. The predicted molar refractivity (Wildman–Crippen MR) is 85.5 cm³/mol. The highest BCUT2D eigenvalue weighted by atomic mass is 16.3. The molecule has 0 spiro atoms. The number of hydrogen-bond donors (Lipinski definition) is 1. The molecule has 1 N–H and O–H groups in total. The smallest absolute Gasteiger partial charge is 0.0615 e. The van der Waals surface area contributed by atoms with E-state index in [1.165, 1.54) is 47.1 Å². The van der Waals surface area contributed by atoms with Crippen molar-refractivity contribution >= 4 is 0 Å². The van der Waals surface area contributed by atoms with Gasteiger partial charge in [0.1, 0.15) is 0 Å². The number of aliphatic hydroxyl groups excluding tert-OH is 1. The Kier molecular flexibility index (Phi) is 3.31. The Balaban J connectivity index is 1.46. The quantitative estimate of drug-likeness (QED) is 0.911. The Morgan fingerprint density at radius 2 is 1.62 bits per heavy atom. The third kappa shape index (κ3) is 2.51. The standard InChI is InChI=1S/C20H22O/c21-20(19-12-17-4-1-2-5-18(17)13-19)11-14-8-9-15-6-3-7-16(15)10-14/h1-2,4-5,8-10,19-21H,3,6-7,11-13H2. The zero-order chi connectivity index (χ0) is 14.2. The van der Waals surface area contributed by atoms with E-state index in [0.29, 0.717) is 5.92 Å². The van der Waals surface area contributed by atoms with Crippen LogP contribution in [-0.4, -0.2) is 11.2 Å². The fourth-order valence-corrected chi connectivity index (χ4v) is 4.03. The summed E-state index contributed by atoms with van der Waals surface area (Å²) in [5.41, 5.74) is 7.18. The third-order valence-electron chi connectivity index (χ3n) is 5.23. The first-order chi connectivity index (χ1) is 10.3. The molecule has 21 heavy (non-hydrogen) atoms. The zero-order valence-corrected chi connectivity index (χ0v) is 12.4. The van der Waals surface area contributed by atoms with Crippen LogP contribution in [0.25, 0.3) is 0 Å². The molecule has 0 saturated heterocycles. The summed E-state index contributed by atoms with van der Waals surface area (Å²) in [5, 5.41) is 10.6. The van der Waals surface area contributed by atoms with Crippen LogP contribution in [0.4, 0.5) is 0 Å². The van der Waals surface area contributed by atoms with E-state index in [2.05, 4.69) is 42.5 Å². The second kappa shape index (κ2) is 5.31. The van der Waals surface area contributed by atoms with Crippen molar-refractivity contribution in [3.8, 4) is 0 Å². The Morgan fingerprint density at radius 1 is 0.905 bits per heavy atom. The SMILES string of the molecule is OC(Cc1ccc2c(c1)CCC2)C1Cc2ccccc2C1. The fraction of sp³-hybridized carbons (Fsp3) is 0.400. The summed E-state index contributed by atoms with van der Waals surface area (Å²) in [6, 6.07) is 15.4. The van der Waals surface area contributed by atoms with Crippen LogP contribution in [0.3, 0.4) is 0 Å². The summed E-state index contributed by atoms with van der Waals surface area (Å²) in [7, 11) is 0. The molecule has 2 aliphatic rings. The van der Waals surface area contributed by atoms with Gasteiger partial charge in [-0.3, -0.25) is 0 Å². The molecular formula is C20H22O. The topological polar surface area (TPSA) is 20.2 Å². The predicted octanol–water partition coefficient (Wildman–Crippen LogP) is 3.49. The normalized spacial score (nSPS) is 18.5. The van der Waals surface area contributed by atoms with Gasteiger partial charge in [0.15, 0.2) is 0 Å². The summed E-state index contributed by atoms with van der Waals surface area (Å²) in [4.78, 5) is 0. The number of aryl methyl sites for hydroxylation is 2. The molecule has 0 aromatic heterocycles. The fourth-order valence-electron chi connectivity index (χ4n) is 4.03. The van der Waals surface area contributed by atoms with Gasteiger partial charge in [0.2, 0.25) is 0 Å². The lowest BCUT2D eigenvalue weighted by Crippen LogP contribution is -2.23. The van der Waals surface area contributed by atoms with Crippen molar-refractivity contribution in [1.82, 2.24) is 0 Å². The molecule has 2 aromatic rings. The van der Waals surface area contributed by atoms with Gasteiger partial charge < -0.3 is 5.11 Å². The maximum atomic E-state index is 10.6. The Morgan fingerprint density at radius 3 is 2.38 bits per heavy atom. The van der Waals surface area contributed by atoms with E-state index in [1.54, 1.807) is 0 Å². The molecule has 4 rings (SSSR count). The van der Waals surface area contributed by atoms with Gasteiger partial charge in [-0.15, -0.1) is 0 Å². The summed E-state index contributed by atoms with van der Waals surface area (Å²) in [5.74, 6) is 0.385. The molecule has 0 radical (unpaired) electrons. The number of rotatable bonds is 3. The first-order valence-corrected chi connectivity index (χ1v) is 8.15. The number of aliphatic hydroxyl groups is 1. The molecule has 1 atom stereocenters. The van der Waals surface area contributed by atoms with Crippen molar-refractivity contribution in [3.05, 3.63) is 70.3 Å². The zero-order valence-electron chi connectivity index (χ0n) is 12.4. The first kappa shape index (κ1) is 13.1. The minimum atomic E-state index is -0.225. The van der Waals surface area contributed by atoms with E-state index >= 15 is 0 Å². The molecule has 1 heteroatoms. The number of hydrogen-bond acceptors (Lipinski definition) is 1. The van der Waals surface area contributed by atoms with Crippen molar-refractivity contribution < 1.29 is 5.11 Å². The van der Waals surface area contributed by atoms with Gasteiger partial charge in [0, 0.05) is 0 Å². The highest BCUT2D eigenvalue weighted by Gasteiger charge is 2.27. The van der Waals surface area contributed by atoms with Gasteiger partial charge in [-0.2, -0.15) is 0 Å². The van der Waals surface area contributed by atoms with Gasteiger partial charge in [0.05, 0.1) is 6.10 Å². The van der Waals surface area contributed by atoms with Crippen LogP contribution in [-0.2, 0) is 32.1 Å². The van der Waals surface area contributed by atoms with Crippen molar-refractivity contribution in [2.24, 2.45) is 5.92 Å². The Hall–Kier alpha value is -1.60. The van der Waals surface area contributed by atoms with E-state index < -0.39 is 0 Å². The molecule has 0 fully saturated rings. The molecule has 1 nitrogen and oxygen atoms in total. The lowest BCUT2D eigenvalue weighted by Gasteiger charge is -2.18. The Bertz CT molecular complexity index is 634. The lowest BCUT2D eigenvalue weighted by atomic mass is 9.92. The second-order valence-electron chi connectivity index (χ2n) is 6.67. The molecule has 0 saturated carbocycles. The van der Waals surface area contributed by atoms with E-state index in [0.717, 1.165) is 19.3 Å². The van der Waals surface area contributed by atoms with Crippen LogP contribution >= 0.6 is 0 Å². The number of benzene rings is 2. The molecule has 0 heterocycles. The monoisotopic (exact) mass is 278 g/mol. The van der Waals surface area contributed by atoms with Crippen LogP contribution in [0.2, 0.25) is 0 Å².